The van der Waals surface area contributed by atoms with Crippen LogP contribution in [-0.2, 0) is 25.1 Å². The zero-order valence-corrected chi connectivity index (χ0v) is 9.66. The first kappa shape index (κ1) is 11.1. The van der Waals surface area contributed by atoms with Gasteiger partial charge in [-0.2, -0.15) is 0 Å². The van der Waals surface area contributed by atoms with Gasteiger partial charge in [-0.1, -0.05) is 24.3 Å². The van der Waals surface area contributed by atoms with E-state index < -0.39 is 21.1 Å². The predicted molar refractivity (Wildman–Crippen MR) is 58.4 cm³/mol. The number of sulfone groups is 1. The van der Waals surface area contributed by atoms with Gasteiger partial charge >= 0.3 is 5.97 Å². The number of benzene rings is 1. The van der Waals surface area contributed by atoms with Crippen LogP contribution in [-0.4, -0.2) is 21.0 Å². The van der Waals surface area contributed by atoms with Gasteiger partial charge in [-0.05, 0) is 18.1 Å². The van der Waals surface area contributed by atoms with Crippen molar-refractivity contribution in [3.05, 3.63) is 35.4 Å². The highest BCUT2D eigenvalue weighted by atomic mass is 32.2. The number of carbonyl (C=O) groups is 1. The number of hydrogen-bond acceptors (Lipinski definition) is 4. The van der Waals surface area contributed by atoms with Crippen LogP contribution in [0.5, 0.6) is 0 Å². The van der Waals surface area contributed by atoms with Gasteiger partial charge in [0.05, 0.1) is 12.4 Å². The molecule has 1 unspecified atom stereocenters. The Hall–Kier alpha value is -1.36. The molecule has 1 heterocycles. The van der Waals surface area contributed by atoms with Gasteiger partial charge < -0.3 is 4.74 Å². The normalized spacial score (nSPS) is 21.4. The van der Waals surface area contributed by atoms with Crippen LogP contribution >= 0.6 is 0 Å². The summed E-state index contributed by atoms with van der Waals surface area (Å²) >= 11 is 0. The summed E-state index contributed by atoms with van der Waals surface area (Å²) in [6, 6.07) is 6.89. The van der Waals surface area contributed by atoms with Gasteiger partial charge in [0.2, 0.25) is 0 Å². The predicted octanol–water partition coefficient (Wildman–Crippen LogP) is 1.22. The van der Waals surface area contributed by atoms with E-state index in [0.29, 0.717) is 11.1 Å². The lowest BCUT2D eigenvalue weighted by molar-refractivity contribution is -0.142. The summed E-state index contributed by atoms with van der Waals surface area (Å²) in [4.78, 5) is 11.6. The minimum atomic E-state index is -3.44. The molecule has 16 heavy (non-hydrogen) atoms. The third kappa shape index (κ3) is 1.71. The molecule has 5 heteroatoms. The molecule has 1 atom stereocenters. The number of rotatable bonds is 2. The topological polar surface area (TPSA) is 60.4 Å². The van der Waals surface area contributed by atoms with Crippen molar-refractivity contribution in [2.24, 2.45) is 0 Å². The lowest BCUT2D eigenvalue weighted by atomic mass is 10.1. The van der Waals surface area contributed by atoms with E-state index in [1.807, 2.05) is 0 Å². The van der Waals surface area contributed by atoms with E-state index in [1.165, 1.54) is 0 Å². The van der Waals surface area contributed by atoms with Gasteiger partial charge in [-0.3, -0.25) is 4.79 Å². The molecule has 0 N–H and O–H groups in total. The molecular weight excluding hydrogens is 228 g/mol. The molecule has 1 aliphatic rings. The number of ether oxygens (including phenoxy) is 1. The van der Waals surface area contributed by atoms with E-state index in [4.69, 9.17) is 4.74 Å². The monoisotopic (exact) mass is 240 g/mol. The van der Waals surface area contributed by atoms with E-state index in [1.54, 1.807) is 31.2 Å². The highest BCUT2D eigenvalue weighted by Gasteiger charge is 2.42. The second-order valence-electron chi connectivity index (χ2n) is 3.64. The second-order valence-corrected chi connectivity index (χ2v) is 5.72. The largest absolute Gasteiger partial charge is 0.465 e. The van der Waals surface area contributed by atoms with Crippen molar-refractivity contribution in [3.63, 3.8) is 0 Å². The molecule has 0 aliphatic carbocycles. The number of hydrogen-bond donors (Lipinski definition) is 0. The fourth-order valence-corrected chi connectivity index (χ4v) is 3.75. The summed E-state index contributed by atoms with van der Waals surface area (Å²) in [7, 11) is -3.44. The quantitative estimate of drug-likeness (QED) is 0.729. The zero-order valence-electron chi connectivity index (χ0n) is 8.84. The molecule has 0 saturated heterocycles. The molecule has 0 amide bonds. The fraction of sp³-hybridized carbons (Fsp3) is 0.364. The molecule has 0 aromatic heterocycles. The van der Waals surface area contributed by atoms with E-state index in [2.05, 4.69) is 0 Å². The van der Waals surface area contributed by atoms with Crippen molar-refractivity contribution in [2.75, 3.05) is 6.61 Å². The lowest BCUT2D eigenvalue weighted by Gasteiger charge is -2.09. The molecular formula is C11H12O4S. The maximum atomic E-state index is 11.8. The van der Waals surface area contributed by atoms with Gasteiger partial charge in [0.25, 0.3) is 0 Å². The van der Waals surface area contributed by atoms with E-state index in [-0.39, 0.29) is 12.4 Å². The molecule has 2 rings (SSSR count). The molecule has 4 nitrogen and oxygen atoms in total. The smallest absolute Gasteiger partial charge is 0.328 e. The van der Waals surface area contributed by atoms with Gasteiger partial charge in [-0.25, -0.2) is 8.42 Å². The third-order valence-electron chi connectivity index (χ3n) is 2.55. The molecule has 0 radical (unpaired) electrons. The van der Waals surface area contributed by atoms with Crippen molar-refractivity contribution >= 4 is 15.8 Å². The Bertz CT molecular complexity index is 519. The first-order valence-electron chi connectivity index (χ1n) is 5.02. The van der Waals surface area contributed by atoms with Crippen LogP contribution in [0.1, 0.15) is 23.3 Å². The minimum absolute atomic E-state index is 0.0767. The summed E-state index contributed by atoms with van der Waals surface area (Å²) in [6.45, 7) is 1.85. The Morgan fingerprint density at radius 2 is 2.12 bits per heavy atom. The first-order chi connectivity index (χ1) is 7.56. The minimum Gasteiger partial charge on any atom is -0.465 e. The van der Waals surface area contributed by atoms with Crippen LogP contribution in [0.3, 0.4) is 0 Å². The Morgan fingerprint density at radius 1 is 1.44 bits per heavy atom. The second kappa shape index (κ2) is 3.90. The average Bonchev–Trinajstić information content (AvgIpc) is 2.47. The molecule has 0 saturated carbocycles. The van der Waals surface area contributed by atoms with Crippen LogP contribution in [0.4, 0.5) is 0 Å². The Balaban J connectivity index is 2.47. The van der Waals surface area contributed by atoms with Gasteiger partial charge in [0.15, 0.2) is 15.1 Å². The standard InChI is InChI=1S/C11H12O4S/c1-2-15-11(12)10-9-6-4-3-5-8(9)7-16(10,13)14/h3-6,10H,2,7H2,1H3. The average molecular weight is 240 g/mol. The summed E-state index contributed by atoms with van der Waals surface area (Å²) in [5.41, 5.74) is 1.25. The summed E-state index contributed by atoms with van der Waals surface area (Å²) in [5, 5.41) is -1.14. The summed E-state index contributed by atoms with van der Waals surface area (Å²) in [5.74, 6) is -0.750. The maximum absolute atomic E-state index is 11.8. The Labute approximate surface area is 94.2 Å². The number of esters is 1. The van der Waals surface area contributed by atoms with Crippen LogP contribution in [0.25, 0.3) is 0 Å². The first-order valence-corrected chi connectivity index (χ1v) is 6.74. The number of carbonyl (C=O) groups excluding carboxylic acids is 1. The molecule has 0 fully saturated rings. The summed E-state index contributed by atoms with van der Waals surface area (Å²) in [6.07, 6.45) is 0. The highest BCUT2D eigenvalue weighted by Crippen LogP contribution is 2.36. The zero-order chi connectivity index (χ0) is 11.8. The molecule has 86 valence electrons. The van der Waals surface area contributed by atoms with Crippen molar-refractivity contribution < 1.29 is 17.9 Å². The maximum Gasteiger partial charge on any atom is 0.328 e. The lowest BCUT2D eigenvalue weighted by Crippen LogP contribution is -2.20. The van der Waals surface area contributed by atoms with Crippen LogP contribution in [0, 0.1) is 0 Å². The summed E-state index contributed by atoms with van der Waals surface area (Å²) < 4.78 is 28.5. The highest BCUT2D eigenvalue weighted by molar-refractivity contribution is 7.91. The van der Waals surface area contributed by atoms with Crippen molar-refractivity contribution in [3.8, 4) is 0 Å². The Kier molecular flexibility index (Phi) is 2.71. The fourth-order valence-electron chi connectivity index (χ4n) is 1.91. The van der Waals surface area contributed by atoms with E-state index in [0.717, 1.165) is 0 Å². The number of fused-ring (bicyclic) bond motifs is 1. The molecule has 1 aromatic carbocycles. The van der Waals surface area contributed by atoms with Crippen LogP contribution in [0.2, 0.25) is 0 Å². The van der Waals surface area contributed by atoms with Crippen molar-refractivity contribution in [1.82, 2.24) is 0 Å². The van der Waals surface area contributed by atoms with Crippen LogP contribution in [0.15, 0.2) is 24.3 Å². The SMILES string of the molecule is CCOC(=O)C1c2ccccc2CS1(=O)=O. The van der Waals surface area contributed by atoms with E-state index in [9.17, 15) is 13.2 Å². The van der Waals surface area contributed by atoms with E-state index >= 15 is 0 Å². The molecule has 0 spiro atoms. The van der Waals surface area contributed by atoms with Crippen molar-refractivity contribution in [2.45, 2.75) is 17.9 Å². The van der Waals surface area contributed by atoms with Gasteiger partial charge in [0.1, 0.15) is 0 Å². The Morgan fingerprint density at radius 3 is 2.81 bits per heavy atom. The van der Waals surface area contributed by atoms with Crippen molar-refractivity contribution in [1.29, 1.82) is 0 Å². The van der Waals surface area contributed by atoms with Gasteiger partial charge in [-0.15, -0.1) is 0 Å². The van der Waals surface area contributed by atoms with Gasteiger partial charge in [0, 0.05) is 0 Å². The third-order valence-corrected chi connectivity index (χ3v) is 4.43. The molecule has 1 aromatic rings. The molecule has 0 bridgehead atoms. The molecule has 1 aliphatic heterocycles. The van der Waals surface area contributed by atoms with Crippen LogP contribution < -0.4 is 0 Å².